The fourth-order valence-electron chi connectivity index (χ4n) is 5.09. The number of hydrogen-bond donors (Lipinski definition) is 1. The van der Waals surface area contributed by atoms with Crippen LogP contribution in [0.25, 0.3) is 11.0 Å². The predicted octanol–water partition coefficient (Wildman–Crippen LogP) is 3.33. The lowest BCUT2D eigenvalue weighted by Gasteiger charge is -2.46. The number of para-hydroxylation sites is 1. The minimum absolute atomic E-state index is 0.313. The van der Waals surface area contributed by atoms with Crippen molar-refractivity contribution in [1.29, 1.82) is 0 Å². The fraction of sp³-hybridized carbons (Fsp3) is 0.538. The molecule has 182 valence electrons. The summed E-state index contributed by atoms with van der Waals surface area (Å²) in [6.45, 7) is 8.41. The van der Waals surface area contributed by atoms with E-state index in [1.807, 2.05) is 30.5 Å². The van der Waals surface area contributed by atoms with Crippen LogP contribution >= 0.6 is 0 Å². The van der Waals surface area contributed by atoms with Crippen molar-refractivity contribution in [2.45, 2.75) is 38.4 Å². The van der Waals surface area contributed by atoms with Gasteiger partial charge in [-0.2, -0.15) is 0 Å². The molecule has 0 bridgehead atoms. The third-order valence-electron chi connectivity index (χ3n) is 7.00. The Morgan fingerprint density at radius 1 is 1.15 bits per heavy atom. The average molecular weight is 466 g/mol. The molecule has 0 saturated carbocycles. The first-order chi connectivity index (χ1) is 16.7. The topological polar surface area (TPSA) is 75.9 Å². The molecule has 0 amide bonds. The van der Waals surface area contributed by atoms with Crippen LogP contribution < -0.4 is 15.0 Å². The summed E-state index contributed by atoms with van der Waals surface area (Å²) in [6, 6.07) is 13.1. The van der Waals surface area contributed by atoms with Crippen molar-refractivity contribution >= 4 is 16.8 Å². The summed E-state index contributed by atoms with van der Waals surface area (Å²) < 4.78 is 16.8. The number of ether oxygens (including phenoxy) is 2. The highest BCUT2D eigenvalue weighted by molar-refractivity contribution is 5.88. The lowest BCUT2D eigenvalue weighted by atomic mass is 9.91. The Balaban J connectivity index is 1.08. The van der Waals surface area contributed by atoms with E-state index < -0.39 is 0 Å². The minimum atomic E-state index is 0.313. The largest absolute Gasteiger partial charge is 0.477 e. The van der Waals surface area contributed by atoms with Crippen molar-refractivity contribution in [3.05, 3.63) is 48.2 Å². The van der Waals surface area contributed by atoms with Gasteiger partial charge in [0.2, 0.25) is 5.88 Å². The van der Waals surface area contributed by atoms with Crippen LogP contribution in [0.3, 0.4) is 0 Å². The van der Waals surface area contributed by atoms with Crippen LogP contribution in [0, 0.1) is 5.92 Å². The SMILES string of the molecule is COCC(C)NCc1ccc(OC[C@@H]2CC[C@@H]3CN(c4noc5ccccc45)CCN3C2)nc1. The number of benzene rings is 1. The molecule has 3 atom stereocenters. The summed E-state index contributed by atoms with van der Waals surface area (Å²) in [7, 11) is 1.72. The Hall–Kier alpha value is -2.68. The number of nitrogens with zero attached hydrogens (tertiary/aromatic N) is 4. The molecule has 0 spiro atoms. The van der Waals surface area contributed by atoms with Gasteiger partial charge in [0.15, 0.2) is 11.4 Å². The number of aromatic nitrogens is 2. The number of piperazine rings is 1. The van der Waals surface area contributed by atoms with E-state index >= 15 is 0 Å². The van der Waals surface area contributed by atoms with Gasteiger partial charge in [-0.15, -0.1) is 0 Å². The molecular weight excluding hydrogens is 430 g/mol. The number of methoxy groups -OCH3 is 1. The Morgan fingerprint density at radius 3 is 2.91 bits per heavy atom. The van der Waals surface area contributed by atoms with E-state index in [9.17, 15) is 0 Å². The molecule has 34 heavy (non-hydrogen) atoms. The highest BCUT2D eigenvalue weighted by Crippen LogP contribution is 2.31. The molecule has 2 aromatic heterocycles. The molecule has 3 aromatic rings. The fourth-order valence-corrected chi connectivity index (χ4v) is 5.09. The summed E-state index contributed by atoms with van der Waals surface area (Å²) in [4.78, 5) is 9.52. The highest BCUT2D eigenvalue weighted by atomic mass is 16.5. The Kier molecular flexibility index (Phi) is 7.27. The number of fused-ring (bicyclic) bond motifs is 2. The molecule has 0 aliphatic carbocycles. The second-order valence-electron chi connectivity index (χ2n) is 9.59. The lowest BCUT2D eigenvalue weighted by molar-refractivity contribution is 0.0717. The number of pyridine rings is 1. The average Bonchev–Trinajstić information content (AvgIpc) is 3.31. The predicted molar refractivity (Wildman–Crippen MR) is 132 cm³/mol. The van der Waals surface area contributed by atoms with E-state index in [0.717, 1.165) is 61.7 Å². The van der Waals surface area contributed by atoms with Crippen molar-refractivity contribution in [3.63, 3.8) is 0 Å². The van der Waals surface area contributed by atoms with Crippen molar-refractivity contribution in [2.24, 2.45) is 5.92 Å². The van der Waals surface area contributed by atoms with Crippen LogP contribution in [0.5, 0.6) is 5.88 Å². The molecule has 2 saturated heterocycles. The zero-order valence-electron chi connectivity index (χ0n) is 20.2. The maximum atomic E-state index is 6.06. The van der Waals surface area contributed by atoms with E-state index in [2.05, 4.69) is 44.3 Å². The number of anilines is 1. The van der Waals surface area contributed by atoms with Crippen molar-refractivity contribution < 1.29 is 14.0 Å². The molecule has 2 fully saturated rings. The van der Waals surface area contributed by atoms with Crippen LogP contribution in [0.15, 0.2) is 47.1 Å². The Bertz CT molecular complexity index is 1060. The van der Waals surface area contributed by atoms with Gasteiger partial charge in [-0.25, -0.2) is 4.98 Å². The van der Waals surface area contributed by atoms with Gasteiger partial charge < -0.3 is 24.2 Å². The molecule has 8 nitrogen and oxygen atoms in total. The molecule has 1 unspecified atom stereocenters. The van der Waals surface area contributed by atoms with Gasteiger partial charge in [0.05, 0.1) is 18.6 Å². The molecule has 1 N–H and O–H groups in total. The minimum Gasteiger partial charge on any atom is -0.477 e. The molecule has 0 radical (unpaired) electrons. The smallest absolute Gasteiger partial charge is 0.213 e. The molecule has 4 heterocycles. The van der Waals surface area contributed by atoms with Crippen LogP contribution in [0.4, 0.5) is 5.82 Å². The van der Waals surface area contributed by atoms with Crippen LogP contribution in [-0.4, -0.2) is 73.6 Å². The van der Waals surface area contributed by atoms with Crippen LogP contribution in [-0.2, 0) is 11.3 Å². The number of nitrogens with one attached hydrogen (secondary N) is 1. The lowest BCUT2D eigenvalue weighted by Crippen LogP contribution is -2.57. The number of piperidine rings is 1. The van der Waals surface area contributed by atoms with Gasteiger partial charge in [-0.1, -0.05) is 23.4 Å². The summed E-state index contributed by atoms with van der Waals surface area (Å²) >= 11 is 0. The van der Waals surface area contributed by atoms with E-state index in [1.54, 1.807) is 7.11 Å². The molecule has 8 heteroatoms. The zero-order chi connectivity index (χ0) is 23.3. The standard InChI is InChI=1S/C26H35N5O3/c1-19(17-32-2)27-13-20-8-10-25(28-14-20)33-18-21-7-9-22-16-31(12-11-30(22)15-21)26-23-5-3-4-6-24(23)34-29-26/h3-6,8,10,14,19,21-22,27H,7,9,11-13,15-18H2,1-2H3/t19?,21-,22-/m1/s1. The molecule has 2 aliphatic rings. The second kappa shape index (κ2) is 10.7. The first-order valence-corrected chi connectivity index (χ1v) is 12.3. The van der Waals surface area contributed by atoms with Crippen LogP contribution in [0.1, 0.15) is 25.3 Å². The molecule has 2 aliphatic heterocycles. The maximum absolute atomic E-state index is 6.06. The van der Waals surface area contributed by atoms with Gasteiger partial charge in [0.25, 0.3) is 0 Å². The molecule has 5 rings (SSSR count). The first kappa shape index (κ1) is 23.1. The monoisotopic (exact) mass is 465 g/mol. The third-order valence-corrected chi connectivity index (χ3v) is 7.00. The van der Waals surface area contributed by atoms with Crippen molar-refractivity contribution in [3.8, 4) is 5.88 Å². The van der Waals surface area contributed by atoms with E-state index in [4.69, 9.17) is 14.0 Å². The maximum Gasteiger partial charge on any atom is 0.213 e. The summed E-state index contributed by atoms with van der Waals surface area (Å²) in [5, 5.41) is 8.90. The van der Waals surface area contributed by atoms with Gasteiger partial charge in [-0.05, 0) is 37.5 Å². The Morgan fingerprint density at radius 2 is 2.06 bits per heavy atom. The Labute approximate surface area is 201 Å². The number of rotatable bonds is 9. The number of hydrogen-bond acceptors (Lipinski definition) is 8. The van der Waals surface area contributed by atoms with Crippen molar-refractivity contribution in [2.75, 3.05) is 51.4 Å². The summed E-state index contributed by atoms with van der Waals surface area (Å²) in [6.07, 6.45) is 4.25. The van der Waals surface area contributed by atoms with Crippen LogP contribution in [0.2, 0.25) is 0 Å². The van der Waals surface area contributed by atoms with Gasteiger partial charge in [0.1, 0.15) is 0 Å². The molecule has 1 aromatic carbocycles. The quantitative estimate of drug-likeness (QED) is 0.516. The first-order valence-electron chi connectivity index (χ1n) is 12.3. The summed E-state index contributed by atoms with van der Waals surface area (Å²) in [5.74, 6) is 2.23. The van der Waals surface area contributed by atoms with Gasteiger partial charge in [-0.3, -0.25) is 4.90 Å². The van der Waals surface area contributed by atoms with E-state index in [0.29, 0.717) is 30.5 Å². The normalized spacial score (nSPS) is 22.0. The van der Waals surface area contributed by atoms with E-state index in [1.165, 1.54) is 12.8 Å². The highest BCUT2D eigenvalue weighted by Gasteiger charge is 2.34. The third kappa shape index (κ3) is 5.35. The molecular formula is C26H35N5O3. The summed E-state index contributed by atoms with van der Waals surface area (Å²) in [5.41, 5.74) is 2.01. The van der Waals surface area contributed by atoms with Gasteiger partial charge >= 0.3 is 0 Å². The van der Waals surface area contributed by atoms with Crippen molar-refractivity contribution in [1.82, 2.24) is 20.4 Å². The zero-order valence-corrected chi connectivity index (χ0v) is 20.2. The second-order valence-corrected chi connectivity index (χ2v) is 9.59. The van der Waals surface area contributed by atoms with E-state index in [-0.39, 0.29) is 0 Å². The van der Waals surface area contributed by atoms with Gasteiger partial charge in [0, 0.05) is 70.1 Å².